The molecule has 0 saturated heterocycles. The Bertz CT molecular complexity index is 1080. The molecule has 0 radical (unpaired) electrons. The van der Waals surface area contributed by atoms with Crippen molar-refractivity contribution in [2.24, 2.45) is 0 Å². The highest BCUT2D eigenvalue weighted by Gasteiger charge is 2.31. The fraction of sp³-hybridized carbons (Fsp3) is 0.571. The third kappa shape index (κ3) is 4.98. The summed E-state index contributed by atoms with van der Waals surface area (Å²) in [7, 11) is 0. The molecule has 11 heteroatoms. The van der Waals surface area contributed by atoms with E-state index in [1.54, 1.807) is 20.0 Å². The van der Waals surface area contributed by atoms with E-state index in [-0.39, 0.29) is 24.7 Å². The number of pyridine rings is 1. The Morgan fingerprint density at radius 3 is 2.75 bits per heavy atom. The molecular formula is C21H27F3N6O2. The van der Waals surface area contributed by atoms with Gasteiger partial charge >= 0.3 is 12.3 Å². The fourth-order valence-electron chi connectivity index (χ4n) is 4.36. The second-order valence-electron chi connectivity index (χ2n) is 8.44. The smallest absolute Gasteiger partial charge is 0.407 e. The lowest BCUT2D eigenvalue weighted by molar-refractivity contribution is -0.126. The minimum atomic E-state index is -4.21. The first-order valence-electron chi connectivity index (χ1n) is 10.8. The molecule has 0 bridgehead atoms. The molecule has 1 fully saturated rings. The second-order valence-corrected chi connectivity index (χ2v) is 8.44. The zero-order valence-corrected chi connectivity index (χ0v) is 18.0. The van der Waals surface area contributed by atoms with E-state index in [0.29, 0.717) is 37.0 Å². The summed E-state index contributed by atoms with van der Waals surface area (Å²) < 4.78 is 44.9. The maximum absolute atomic E-state index is 12.6. The molecule has 4 rings (SSSR count). The van der Waals surface area contributed by atoms with Gasteiger partial charge < -0.3 is 24.9 Å². The van der Waals surface area contributed by atoms with Gasteiger partial charge in [0.1, 0.15) is 17.0 Å². The van der Waals surface area contributed by atoms with Crippen LogP contribution in [-0.2, 0) is 11.3 Å². The molecule has 3 N–H and O–H groups in total. The maximum atomic E-state index is 12.6. The molecule has 1 aliphatic carbocycles. The average molecular weight is 452 g/mol. The summed E-state index contributed by atoms with van der Waals surface area (Å²) >= 11 is 0. The SMILES string of the molecule is CC(C)OC(=O)NCc1nc2cnc3[nH]ccc3c2n1C1CCC(NCC(F)(F)F)CC1. The summed E-state index contributed by atoms with van der Waals surface area (Å²) in [4.78, 5) is 24.2. The van der Waals surface area contributed by atoms with Gasteiger partial charge in [-0.1, -0.05) is 0 Å². The van der Waals surface area contributed by atoms with E-state index in [2.05, 4.69) is 25.2 Å². The molecule has 174 valence electrons. The van der Waals surface area contributed by atoms with Crippen molar-refractivity contribution in [2.45, 2.75) is 70.4 Å². The lowest BCUT2D eigenvalue weighted by Gasteiger charge is -2.31. The predicted molar refractivity (Wildman–Crippen MR) is 113 cm³/mol. The number of aromatic nitrogens is 4. The van der Waals surface area contributed by atoms with Crippen LogP contribution < -0.4 is 10.6 Å². The van der Waals surface area contributed by atoms with Gasteiger partial charge in [-0.15, -0.1) is 0 Å². The van der Waals surface area contributed by atoms with Crippen LogP contribution in [0.1, 0.15) is 51.4 Å². The zero-order valence-electron chi connectivity index (χ0n) is 18.0. The van der Waals surface area contributed by atoms with Crippen molar-refractivity contribution in [1.82, 2.24) is 30.2 Å². The molecule has 0 unspecified atom stereocenters. The number of nitrogens with zero attached hydrogens (tertiary/aromatic N) is 3. The summed E-state index contributed by atoms with van der Waals surface area (Å²) in [5, 5.41) is 6.29. The van der Waals surface area contributed by atoms with Crippen molar-refractivity contribution in [3.63, 3.8) is 0 Å². The fourth-order valence-corrected chi connectivity index (χ4v) is 4.36. The van der Waals surface area contributed by atoms with E-state index in [1.165, 1.54) is 0 Å². The lowest BCUT2D eigenvalue weighted by atomic mass is 9.90. The normalized spacial score (nSPS) is 19.7. The van der Waals surface area contributed by atoms with Crippen LogP contribution in [0.25, 0.3) is 22.1 Å². The summed E-state index contributed by atoms with van der Waals surface area (Å²) in [6, 6.07) is 1.82. The quantitative estimate of drug-likeness (QED) is 0.521. The largest absolute Gasteiger partial charge is 0.447 e. The Morgan fingerprint density at radius 1 is 1.31 bits per heavy atom. The van der Waals surface area contributed by atoms with Crippen LogP contribution in [0.3, 0.4) is 0 Å². The van der Waals surface area contributed by atoms with E-state index in [9.17, 15) is 18.0 Å². The Kier molecular flexibility index (Phi) is 6.27. The third-order valence-corrected chi connectivity index (χ3v) is 5.69. The van der Waals surface area contributed by atoms with Gasteiger partial charge in [0, 0.05) is 23.7 Å². The minimum Gasteiger partial charge on any atom is -0.447 e. The number of H-pyrrole nitrogens is 1. The summed E-state index contributed by atoms with van der Waals surface area (Å²) in [6.07, 6.45) is 1.20. The number of rotatable bonds is 6. The summed E-state index contributed by atoms with van der Waals surface area (Å²) in [5.74, 6) is 0.669. The molecule has 8 nitrogen and oxygen atoms in total. The molecule has 3 aromatic heterocycles. The van der Waals surface area contributed by atoms with Crippen molar-refractivity contribution in [3.8, 4) is 0 Å². The number of imidazole rings is 1. The van der Waals surface area contributed by atoms with Crippen molar-refractivity contribution < 1.29 is 22.7 Å². The highest BCUT2D eigenvalue weighted by atomic mass is 19.4. The number of alkyl carbamates (subject to hydrolysis) is 1. The number of nitrogens with one attached hydrogen (secondary N) is 3. The predicted octanol–water partition coefficient (Wildman–Crippen LogP) is 4.18. The Labute approximate surface area is 182 Å². The summed E-state index contributed by atoms with van der Waals surface area (Å²) in [5.41, 5.74) is 2.36. The van der Waals surface area contributed by atoms with Crippen LogP contribution in [0.5, 0.6) is 0 Å². The number of hydrogen-bond donors (Lipinski definition) is 3. The number of amides is 1. The number of carbonyl (C=O) groups is 1. The second kappa shape index (κ2) is 8.97. The van der Waals surface area contributed by atoms with E-state index < -0.39 is 18.8 Å². The number of ether oxygens (including phenoxy) is 1. The van der Waals surface area contributed by atoms with Gasteiger partial charge in [-0.05, 0) is 45.6 Å². The number of carbonyl (C=O) groups excluding carboxylic acids is 1. The molecule has 1 aliphatic rings. The topological polar surface area (TPSA) is 96.9 Å². The molecule has 3 heterocycles. The van der Waals surface area contributed by atoms with Crippen LogP contribution in [0.2, 0.25) is 0 Å². The first-order valence-corrected chi connectivity index (χ1v) is 10.8. The molecule has 0 aliphatic heterocycles. The first kappa shape index (κ1) is 22.4. The zero-order chi connectivity index (χ0) is 22.9. The van der Waals surface area contributed by atoms with E-state index in [4.69, 9.17) is 9.72 Å². The number of aromatic amines is 1. The Hall–Kier alpha value is -2.82. The molecule has 0 spiro atoms. The molecule has 1 saturated carbocycles. The number of hydrogen-bond acceptors (Lipinski definition) is 5. The number of alkyl halides is 3. The van der Waals surface area contributed by atoms with Gasteiger partial charge in [-0.3, -0.25) is 0 Å². The van der Waals surface area contributed by atoms with E-state index >= 15 is 0 Å². The maximum Gasteiger partial charge on any atom is 0.407 e. The first-order chi connectivity index (χ1) is 15.2. The molecular weight excluding hydrogens is 425 g/mol. The van der Waals surface area contributed by atoms with Gasteiger partial charge in [0.05, 0.1) is 30.9 Å². The van der Waals surface area contributed by atoms with Gasteiger partial charge in [0.15, 0.2) is 0 Å². The molecule has 0 aromatic carbocycles. The van der Waals surface area contributed by atoms with Crippen molar-refractivity contribution >= 4 is 28.2 Å². The van der Waals surface area contributed by atoms with Crippen molar-refractivity contribution in [2.75, 3.05) is 6.54 Å². The van der Waals surface area contributed by atoms with Crippen molar-refractivity contribution in [3.05, 3.63) is 24.3 Å². The van der Waals surface area contributed by atoms with E-state index in [0.717, 1.165) is 16.6 Å². The van der Waals surface area contributed by atoms with Crippen LogP contribution in [0.15, 0.2) is 18.5 Å². The monoisotopic (exact) mass is 452 g/mol. The van der Waals surface area contributed by atoms with Gasteiger partial charge in [-0.25, -0.2) is 14.8 Å². The Morgan fingerprint density at radius 2 is 2.06 bits per heavy atom. The van der Waals surface area contributed by atoms with E-state index in [1.807, 2.05) is 12.3 Å². The molecule has 1 amide bonds. The average Bonchev–Trinajstić information content (AvgIpc) is 3.34. The lowest BCUT2D eigenvalue weighted by Crippen LogP contribution is -2.39. The number of fused-ring (bicyclic) bond motifs is 3. The standard InChI is InChI=1S/C21H27F3N6O2/c1-12(2)32-20(31)27-10-17-29-16-9-26-19-15(7-8-25-19)18(16)30(17)14-5-3-13(4-6-14)28-11-21(22,23)24/h7-9,12-14,28H,3-6,10-11H2,1-2H3,(H,25,26)(H,27,31). The Balaban J connectivity index is 1.59. The minimum absolute atomic E-state index is 0.0577. The van der Waals surface area contributed by atoms with Crippen LogP contribution in [0.4, 0.5) is 18.0 Å². The van der Waals surface area contributed by atoms with Gasteiger partial charge in [0.25, 0.3) is 0 Å². The molecule has 3 aromatic rings. The highest BCUT2D eigenvalue weighted by molar-refractivity contribution is 6.01. The molecule has 0 atom stereocenters. The van der Waals surface area contributed by atoms with Gasteiger partial charge in [-0.2, -0.15) is 13.2 Å². The van der Waals surface area contributed by atoms with Crippen LogP contribution >= 0.6 is 0 Å². The number of halogens is 3. The summed E-state index contributed by atoms with van der Waals surface area (Å²) in [6.45, 7) is 2.75. The van der Waals surface area contributed by atoms with Crippen LogP contribution in [0, 0.1) is 0 Å². The van der Waals surface area contributed by atoms with Crippen molar-refractivity contribution in [1.29, 1.82) is 0 Å². The third-order valence-electron chi connectivity index (χ3n) is 5.69. The highest BCUT2D eigenvalue weighted by Crippen LogP contribution is 2.35. The molecule has 32 heavy (non-hydrogen) atoms. The van der Waals surface area contributed by atoms with Crippen LogP contribution in [-0.4, -0.2) is 50.5 Å². The van der Waals surface area contributed by atoms with Gasteiger partial charge in [0.2, 0.25) is 0 Å².